The molecule has 1 aromatic heterocycles. The molecule has 0 radical (unpaired) electrons. The molecular weight excluding hydrogens is 336 g/mol. The number of benzene rings is 1. The van der Waals surface area contributed by atoms with Crippen LogP contribution in [0.3, 0.4) is 0 Å². The van der Waals surface area contributed by atoms with E-state index in [1.807, 2.05) is 18.2 Å². The van der Waals surface area contributed by atoms with Crippen molar-refractivity contribution in [3.8, 4) is 0 Å². The van der Waals surface area contributed by atoms with Crippen molar-refractivity contribution in [3.63, 3.8) is 0 Å². The van der Waals surface area contributed by atoms with Crippen LogP contribution in [0.5, 0.6) is 0 Å². The molecule has 0 aliphatic rings. The van der Waals surface area contributed by atoms with E-state index in [0.29, 0.717) is 11.4 Å². The van der Waals surface area contributed by atoms with E-state index >= 15 is 0 Å². The number of hydrogen-bond donors (Lipinski definition) is 3. The van der Waals surface area contributed by atoms with Gasteiger partial charge in [-0.3, -0.25) is 15.0 Å². The highest BCUT2D eigenvalue weighted by molar-refractivity contribution is 7.85. The minimum Gasteiger partial charge on any atom is -0.331 e. The van der Waals surface area contributed by atoms with Crippen molar-refractivity contribution < 1.29 is 13.0 Å². The quantitative estimate of drug-likeness (QED) is 0.335. The monoisotopic (exact) mass is 350 g/mol. The summed E-state index contributed by atoms with van der Waals surface area (Å²) in [4.78, 5) is 3.97. The van der Waals surface area contributed by atoms with E-state index in [1.165, 1.54) is 24.3 Å². The fourth-order valence-electron chi connectivity index (χ4n) is 1.64. The Morgan fingerprint density at radius 2 is 1.91 bits per heavy atom. The second kappa shape index (κ2) is 7.27. The molecule has 0 bridgehead atoms. The summed E-state index contributed by atoms with van der Waals surface area (Å²) in [5.74, 6) is 0. The van der Waals surface area contributed by atoms with Crippen molar-refractivity contribution in [2.45, 2.75) is 11.8 Å². The van der Waals surface area contributed by atoms with Crippen LogP contribution in [-0.2, 0) is 10.1 Å². The predicted molar refractivity (Wildman–Crippen MR) is 92.1 cm³/mol. The Morgan fingerprint density at radius 1 is 1.22 bits per heavy atom. The number of hydrogen-bond acceptors (Lipinski definition) is 5. The summed E-state index contributed by atoms with van der Waals surface area (Å²) >= 11 is 5.09. The Balaban J connectivity index is 1.97. The van der Waals surface area contributed by atoms with Gasteiger partial charge in [0.2, 0.25) is 0 Å². The summed E-state index contributed by atoms with van der Waals surface area (Å²) in [6.07, 6.45) is 1.67. The molecule has 0 unspecified atom stereocenters. The Bertz CT molecular complexity index is 819. The number of nitrogens with zero attached hydrogens (tertiary/aromatic N) is 2. The third kappa shape index (κ3) is 5.09. The number of pyridine rings is 1. The first-order valence-corrected chi connectivity index (χ1v) is 8.31. The van der Waals surface area contributed by atoms with Gasteiger partial charge in [-0.05, 0) is 55.5 Å². The minimum atomic E-state index is -4.21. The third-order valence-electron chi connectivity index (χ3n) is 2.77. The summed E-state index contributed by atoms with van der Waals surface area (Å²) in [6, 6.07) is 11.0. The van der Waals surface area contributed by atoms with E-state index in [2.05, 4.69) is 20.8 Å². The second-order valence-electron chi connectivity index (χ2n) is 4.48. The van der Waals surface area contributed by atoms with Crippen molar-refractivity contribution in [2.75, 3.05) is 5.32 Å². The summed E-state index contributed by atoms with van der Waals surface area (Å²) in [7, 11) is -4.21. The van der Waals surface area contributed by atoms with Gasteiger partial charge in [-0.2, -0.15) is 13.5 Å². The lowest BCUT2D eigenvalue weighted by Crippen LogP contribution is -2.25. The van der Waals surface area contributed by atoms with Gasteiger partial charge in [0, 0.05) is 11.9 Å². The lowest BCUT2D eigenvalue weighted by Gasteiger charge is -2.08. The fraction of sp³-hybridized carbons (Fsp3) is 0.0714. The molecule has 0 saturated carbocycles. The number of thiocarbonyl (C=S) groups is 1. The lowest BCUT2D eigenvalue weighted by molar-refractivity contribution is 0.483. The standard InChI is InChI=1S/C14H14N4O3S2/c1-10(13-4-2-3-9-15-13)17-18-14(22)16-11-5-7-12(8-6-11)23(19,20)21/h2-9H,1H3,(H2,16,18,22)(H,19,20,21)/b17-10+. The van der Waals surface area contributed by atoms with Crippen molar-refractivity contribution in [1.29, 1.82) is 0 Å². The number of aromatic nitrogens is 1. The van der Waals surface area contributed by atoms with Crippen LogP contribution < -0.4 is 10.7 Å². The average Bonchev–Trinajstić information content (AvgIpc) is 2.53. The van der Waals surface area contributed by atoms with Gasteiger partial charge >= 0.3 is 0 Å². The number of rotatable bonds is 4. The maximum Gasteiger partial charge on any atom is 0.294 e. The molecule has 1 heterocycles. The minimum absolute atomic E-state index is 0.189. The second-order valence-corrected chi connectivity index (χ2v) is 6.31. The highest BCUT2D eigenvalue weighted by Gasteiger charge is 2.08. The van der Waals surface area contributed by atoms with Gasteiger partial charge < -0.3 is 5.32 Å². The smallest absolute Gasteiger partial charge is 0.294 e. The largest absolute Gasteiger partial charge is 0.331 e. The van der Waals surface area contributed by atoms with Gasteiger partial charge in [0.1, 0.15) is 0 Å². The van der Waals surface area contributed by atoms with Crippen LogP contribution in [0.4, 0.5) is 5.69 Å². The predicted octanol–water partition coefficient (Wildman–Crippen LogP) is 2.04. The first kappa shape index (κ1) is 17.0. The molecule has 7 nitrogen and oxygen atoms in total. The molecule has 2 rings (SSSR count). The van der Waals surface area contributed by atoms with Gasteiger partial charge in [-0.25, -0.2) is 0 Å². The molecule has 9 heteroatoms. The van der Waals surface area contributed by atoms with Gasteiger partial charge in [-0.15, -0.1) is 0 Å². The fourth-order valence-corrected chi connectivity index (χ4v) is 2.28. The first-order valence-electron chi connectivity index (χ1n) is 6.46. The Hall–Kier alpha value is -2.36. The average molecular weight is 350 g/mol. The van der Waals surface area contributed by atoms with Crippen molar-refractivity contribution in [2.24, 2.45) is 5.10 Å². The van der Waals surface area contributed by atoms with Crippen LogP contribution in [0, 0.1) is 0 Å². The maximum atomic E-state index is 11.0. The van der Waals surface area contributed by atoms with Crippen LogP contribution in [0.15, 0.2) is 58.7 Å². The Kier molecular flexibility index (Phi) is 5.37. The Morgan fingerprint density at radius 3 is 2.48 bits per heavy atom. The molecule has 0 aliphatic heterocycles. The van der Waals surface area contributed by atoms with Crippen LogP contribution in [-0.4, -0.2) is 28.8 Å². The maximum absolute atomic E-state index is 11.0. The molecule has 0 saturated heterocycles. The summed E-state index contributed by atoms with van der Waals surface area (Å²) in [5.41, 5.74) is 4.62. The van der Waals surface area contributed by atoms with E-state index < -0.39 is 10.1 Å². The van der Waals surface area contributed by atoms with Crippen LogP contribution in [0.25, 0.3) is 0 Å². The topological polar surface area (TPSA) is 104 Å². The molecule has 0 amide bonds. The van der Waals surface area contributed by atoms with Crippen LogP contribution in [0.1, 0.15) is 12.6 Å². The van der Waals surface area contributed by atoms with Gasteiger partial charge in [0.15, 0.2) is 5.11 Å². The zero-order chi connectivity index (χ0) is 16.9. The molecular formula is C14H14N4O3S2. The van der Waals surface area contributed by atoms with Crippen molar-refractivity contribution in [3.05, 3.63) is 54.4 Å². The van der Waals surface area contributed by atoms with Crippen molar-refractivity contribution in [1.82, 2.24) is 10.4 Å². The third-order valence-corrected chi connectivity index (χ3v) is 3.83. The van der Waals surface area contributed by atoms with Gasteiger partial charge in [-0.1, -0.05) is 6.07 Å². The molecule has 0 fully saturated rings. The highest BCUT2D eigenvalue weighted by atomic mass is 32.2. The molecule has 23 heavy (non-hydrogen) atoms. The number of hydrazone groups is 1. The number of nitrogens with one attached hydrogen (secondary N) is 2. The summed E-state index contributed by atoms with van der Waals surface area (Å²) in [5, 5.41) is 7.19. The SMILES string of the molecule is C/C(=N\NC(=S)Nc1ccc(S(=O)(=O)O)cc1)c1ccccn1. The van der Waals surface area contributed by atoms with E-state index in [9.17, 15) is 8.42 Å². The number of anilines is 1. The summed E-state index contributed by atoms with van der Waals surface area (Å²) in [6.45, 7) is 1.79. The molecule has 3 N–H and O–H groups in total. The normalized spacial score (nSPS) is 11.8. The molecule has 0 spiro atoms. The molecule has 1 aromatic carbocycles. The molecule has 120 valence electrons. The van der Waals surface area contributed by atoms with Gasteiger partial charge in [0.05, 0.1) is 16.3 Å². The lowest BCUT2D eigenvalue weighted by atomic mass is 10.3. The highest BCUT2D eigenvalue weighted by Crippen LogP contribution is 2.13. The first-order chi connectivity index (χ1) is 10.9. The van der Waals surface area contributed by atoms with E-state index in [1.54, 1.807) is 13.1 Å². The van der Waals surface area contributed by atoms with E-state index in [4.69, 9.17) is 16.8 Å². The molecule has 0 aliphatic carbocycles. The molecule has 0 atom stereocenters. The van der Waals surface area contributed by atoms with Crippen molar-refractivity contribution >= 4 is 38.8 Å². The van der Waals surface area contributed by atoms with E-state index in [-0.39, 0.29) is 10.0 Å². The summed E-state index contributed by atoms with van der Waals surface area (Å²) < 4.78 is 30.8. The van der Waals surface area contributed by atoms with Gasteiger partial charge in [0.25, 0.3) is 10.1 Å². The zero-order valence-electron chi connectivity index (χ0n) is 12.1. The van der Waals surface area contributed by atoms with Crippen LogP contribution in [0.2, 0.25) is 0 Å². The zero-order valence-corrected chi connectivity index (χ0v) is 13.7. The molecule has 2 aromatic rings. The Labute approximate surface area is 139 Å². The van der Waals surface area contributed by atoms with E-state index in [0.717, 1.165) is 5.69 Å². The van der Waals surface area contributed by atoms with Crippen LogP contribution >= 0.6 is 12.2 Å².